The lowest BCUT2D eigenvalue weighted by molar-refractivity contribution is 0.157. The first-order chi connectivity index (χ1) is 9.76. The van der Waals surface area contributed by atoms with Gasteiger partial charge in [-0.1, -0.05) is 44.2 Å². The largest absolute Gasteiger partial charge is 0.312 e. The number of hydrogen-bond acceptors (Lipinski definition) is 4. The Balaban J connectivity index is 2.93. The van der Waals surface area contributed by atoms with Gasteiger partial charge in [0.15, 0.2) is 0 Å². The molecule has 1 N–H and O–H groups in total. The van der Waals surface area contributed by atoms with E-state index in [4.69, 9.17) is 0 Å². The molecule has 0 saturated heterocycles. The lowest BCUT2D eigenvalue weighted by atomic mass is 9.90. The highest BCUT2D eigenvalue weighted by molar-refractivity contribution is 7.90. The lowest BCUT2D eigenvalue weighted by Gasteiger charge is -2.37. The summed E-state index contributed by atoms with van der Waals surface area (Å²) in [7, 11) is 1.02. The fourth-order valence-electron chi connectivity index (χ4n) is 2.80. The topological polar surface area (TPSA) is 49.4 Å². The smallest absolute Gasteiger partial charge is 0.148 e. The molecule has 120 valence electrons. The Bertz CT molecular complexity index is 514. The van der Waals surface area contributed by atoms with E-state index >= 15 is 0 Å². The van der Waals surface area contributed by atoms with Crippen LogP contribution in [0.3, 0.4) is 0 Å². The predicted molar refractivity (Wildman–Crippen MR) is 89.2 cm³/mol. The third-order valence-electron chi connectivity index (χ3n) is 3.82. The summed E-state index contributed by atoms with van der Waals surface area (Å²) in [6.45, 7) is 4.90. The second kappa shape index (κ2) is 7.92. The third-order valence-corrected chi connectivity index (χ3v) is 4.74. The molecule has 0 heterocycles. The van der Waals surface area contributed by atoms with Crippen molar-refractivity contribution in [1.29, 1.82) is 0 Å². The zero-order valence-corrected chi connectivity index (χ0v) is 14.5. The molecule has 21 heavy (non-hydrogen) atoms. The average molecular weight is 312 g/mol. The van der Waals surface area contributed by atoms with E-state index in [0.29, 0.717) is 12.5 Å². The molecule has 0 saturated carbocycles. The number of benzene rings is 1. The summed E-state index contributed by atoms with van der Waals surface area (Å²) in [6.07, 6.45) is 1.29. The summed E-state index contributed by atoms with van der Waals surface area (Å²) in [5, 5.41) is 3.39. The van der Waals surface area contributed by atoms with Crippen LogP contribution in [-0.2, 0) is 9.84 Å². The van der Waals surface area contributed by atoms with Crippen LogP contribution in [0.25, 0.3) is 0 Å². The molecule has 2 atom stereocenters. The minimum absolute atomic E-state index is 0.177. The molecule has 1 aromatic rings. The Morgan fingerprint density at radius 2 is 1.76 bits per heavy atom. The van der Waals surface area contributed by atoms with E-state index < -0.39 is 9.84 Å². The van der Waals surface area contributed by atoms with Crippen LogP contribution in [0.1, 0.15) is 25.5 Å². The van der Waals surface area contributed by atoms with Gasteiger partial charge in [-0.15, -0.1) is 0 Å². The molecule has 0 amide bonds. The van der Waals surface area contributed by atoms with Gasteiger partial charge in [0.05, 0.1) is 5.75 Å². The molecule has 0 bridgehead atoms. The van der Waals surface area contributed by atoms with Gasteiger partial charge in [0.25, 0.3) is 0 Å². The quantitative estimate of drug-likeness (QED) is 0.797. The Labute approximate surface area is 129 Å². The van der Waals surface area contributed by atoms with Crippen molar-refractivity contribution in [2.45, 2.75) is 25.9 Å². The first-order valence-corrected chi connectivity index (χ1v) is 9.42. The van der Waals surface area contributed by atoms with Crippen molar-refractivity contribution in [2.24, 2.45) is 5.92 Å². The van der Waals surface area contributed by atoms with Gasteiger partial charge in [-0.3, -0.25) is 0 Å². The van der Waals surface area contributed by atoms with Crippen molar-refractivity contribution >= 4 is 9.84 Å². The Morgan fingerprint density at radius 1 is 1.19 bits per heavy atom. The minimum Gasteiger partial charge on any atom is -0.312 e. The molecular formula is C16H28N2O2S. The molecule has 0 aromatic heterocycles. The molecule has 0 fully saturated rings. The van der Waals surface area contributed by atoms with Crippen molar-refractivity contribution in [1.82, 2.24) is 10.2 Å². The number of nitrogens with one attached hydrogen (secondary N) is 1. The van der Waals surface area contributed by atoms with E-state index in [0.717, 1.165) is 0 Å². The predicted octanol–water partition coefficient (Wildman–Crippen LogP) is 1.95. The number of nitrogens with zero attached hydrogens (tertiary/aromatic N) is 1. The zero-order chi connectivity index (χ0) is 16.0. The van der Waals surface area contributed by atoms with Gasteiger partial charge < -0.3 is 10.2 Å². The van der Waals surface area contributed by atoms with Crippen LogP contribution in [0.4, 0.5) is 0 Å². The van der Waals surface area contributed by atoms with Crippen LogP contribution in [0, 0.1) is 5.92 Å². The second-order valence-electron chi connectivity index (χ2n) is 6.02. The molecule has 1 rings (SSSR count). The van der Waals surface area contributed by atoms with Crippen molar-refractivity contribution in [3.63, 3.8) is 0 Å². The van der Waals surface area contributed by atoms with Gasteiger partial charge >= 0.3 is 0 Å². The van der Waals surface area contributed by atoms with E-state index in [1.165, 1.54) is 11.8 Å². The third kappa shape index (κ3) is 5.77. The fraction of sp³-hybridized carbons (Fsp3) is 0.625. The Hall–Kier alpha value is -0.910. The van der Waals surface area contributed by atoms with Crippen LogP contribution >= 0.6 is 0 Å². The second-order valence-corrected chi connectivity index (χ2v) is 8.28. The average Bonchev–Trinajstić information content (AvgIpc) is 2.41. The van der Waals surface area contributed by atoms with Gasteiger partial charge in [-0.25, -0.2) is 8.42 Å². The first kappa shape index (κ1) is 18.1. The highest BCUT2D eigenvalue weighted by Gasteiger charge is 2.28. The minimum atomic E-state index is -2.94. The summed E-state index contributed by atoms with van der Waals surface area (Å²) in [6, 6.07) is 10.7. The maximum absolute atomic E-state index is 11.4. The molecular weight excluding hydrogens is 284 g/mol. The molecule has 1 aromatic carbocycles. The van der Waals surface area contributed by atoms with Gasteiger partial charge in [0.2, 0.25) is 0 Å². The fourth-order valence-corrected chi connectivity index (χ4v) is 3.42. The highest BCUT2D eigenvalue weighted by atomic mass is 32.2. The number of hydrogen-bond donors (Lipinski definition) is 1. The van der Waals surface area contributed by atoms with Gasteiger partial charge in [0, 0.05) is 24.9 Å². The van der Waals surface area contributed by atoms with E-state index in [1.807, 2.05) is 32.3 Å². The molecule has 0 aliphatic rings. The molecule has 2 unspecified atom stereocenters. The summed E-state index contributed by atoms with van der Waals surface area (Å²) >= 11 is 0. The molecule has 0 aliphatic heterocycles. The Kier molecular flexibility index (Phi) is 6.84. The van der Waals surface area contributed by atoms with E-state index in [-0.39, 0.29) is 17.8 Å². The maximum Gasteiger partial charge on any atom is 0.148 e. The van der Waals surface area contributed by atoms with E-state index in [9.17, 15) is 8.42 Å². The maximum atomic E-state index is 11.4. The number of sulfone groups is 1. The summed E-state index contributed by atoms with van der Waals surface area (Å²) in [5.41, 5.74) is 1.23. The van der Waals surface area contributed by atoms with Gasteiger partial charge in [-0.2, -0.15) is 0 Å². The lowest BCUT2D eigenvalue weighted by Crippen LogP contribution is -2.46. The highest BCUT2D eigenvalue weighted by Crippen LogP contribution is 2.25. The van der Waals surface area contributed by atoms with Crippen LogP contribution < -0.4 is 5.32 Å². The van der Waals surface area contributed by atoms with E-state index in [2.05, 4.69) is 36.2 Å². The summed E-state index contributed by atoms with van der Waals surface area (Å²) in [5.74, 6) is 0.602. The SMILES string of the molecule is CNC(c1ccccc1)C(C(C)C)N(C)CCS(C)(=O)=O. The summed E-state index contributed by atoms with van der Waals surface area (Å²) < 4.78 is 22.8. The molecule has 0 spiro atoms. The van der Waals surface area contributed by atoms with Crippen LogP contribution in [0.2, 0.25) is 0 Å². The number of rotatable bonds is 8. The molecule has 4 nitrogen and oxygen atoms in total. The van der Waals surface area contributed by atoms with Crippen LogP contribution in [-0.4, -0.2) is 52.0 Å². The van der Waals surface area contributed by atoms with Crippen molar-refractivity contribution in [3.8, 4) is 0 Å². The molecule has 5 heteroatoms. The zero-order valence-electron chi connectivity index (χ0n) is 13.7. The summed E-state index contributed by atoms with van der Waals surface area (Å²) in [4.78, 5) is 2.15. The Morgan fingerprint density at radius 3 is 2.19 bits per heavy atom. The molecule has 0 aliphatic carbocycles. The van der Waals surface area contributed by atoms with Crippen LogP contribution in [0.15, 0.2) is 30.3 Å². The molecule has 0 radical (unpaired) electrons. The van der Waals surface area contributed by atoms with Gasteiger partial charge in [-0.05, 0) is 25.6 Å². The monoisotopic (exact) mass is 312 g/mol. The normalized spacial score (nSPS) is 15.4. The van der Waals surface area contributed by atoms with Crippen LogP contribution in [0.5, 0.6) is 0 Å². The van der Waals surface area contributed by atoms with Crippen molar-refractivity contribution in [2.75, 3.05) is 32.6 Å². The standard InChI is InChI=1S/C16H28N2O2S/c1-13(2)16(18(4)11-12-21(5,19)20)15(17-3)14-9-7-6-8-10-14/h6-10,13,15-17H,11-12H2,1-5H3. The van der Waals surface area contributed by atoms with Crippen molar-refractivity contribution < 1.29 is 8.42 Å². The number of likely N-dealkylation sites (N-methyl/N-ethyl adjacent to an activating group) is 2. The first-order valence-electron chi connectivity index (χ1n) is 7.36. The van der Waals surface area contributed by atoms with E-state index in [1.54, 1.807) is 0 Å². The van der Waals surface area contributed by atoms with Crippen molar-refractivity contribution in [3.05, 3.63) is 35.9 Å². The van der Waals surface area contributed by atoms with Gasteiger partial charge in [0.1, 0.15) is 9.84 Å².